The van der Waals surface area contributed by atoms with Gasteiger partial charge in [-0.2, -0.15) is 0 Å². The molecule has 0 radical (unpaired) electrons. The van der Waals surface area contributed by atoms with Gasteiger partial charge < -0.3 is 14.4 Å². The lowest BCUT2D eigenvalue weighted by molar-refractivity contribution is -0.150. The quantitative estimate of drug-likeness (QED) is 0.597. The number of rotatable bonds is 6. The Morgan fingerprint density at radius 3 is 2.00 bits per heavy atom. The van der Waals surface area contributed by atoms with Gasteiger partial charge in [0.05, 0.1) is 12.6 Å². The Bertz CT molecular complexity index is 891. The summed E-state index contributed by atoms with van der Waals surface area (Å²) in [6, 6.07) is 30.1. The fourth-order valence-electron chi connectivity index (χ4n) is 3.89. The molecule has 1 fully saturated rings. The van der Waals surface area contributed by atoms with Crippen LogP contribution >= 0.6 is 0 Å². The Hall–Kier alpha value is -2.95. The molecule has 1 saturated heterocycles. The average molecular weight is 402 g/mol. The van der Waals surface area contributed by atoms with Gasteiger partial charge in [-0.25, -0.2) is 0 Å². The van der Waals surface area contributed by atoms with E-state index in [1.54, 1.807) is 0 Å². The molecule has 4 heteroatoms. The minimum Gasteiger partial charge on any atom is -0.367 e. The van der Waals surface area contributed by atoms with Crippen molar-refractivity contribution in [1.29, 1.82) is 0 Å². The van der Waals surface area contributed by atoms with E-state index in [1.165, 1.54) is 0 Å². The molecule has 0 bridgehead atoms. The number of carbonyl (C=O) groups excluding carboxylic acids is 1. The molecular formula is C26H27NO3. The molecule has 1 aliphatic rings. The third kappa shape index (κ3) is 4.96. The second-order valence-corrected chi connectivity index (χ2v) is 7.66. The van der Waals surface area contributed by atoms with Crippen LogP contribution in [0.15, 0.2) is 91.0 Å². The van der Waals surface area contributed by atoms with E-state index in [-0.39, 0.29) is 30.8 Å². The summed E-state index contributed by atoms with van der Waals surface area (Å²) >= 11 is 0. The van der Waals surface area contributed by atoms with Crippen LogP contribution in [0.5, 0.6) is 0 Å². The molecular weight excluding hydrogens is 374 g/mol. The highest BCUT2D eigenvalue weighted by atomic mass is 16.5. The zero-order valence-corrected chi connectivity index (χ0v) is 17.2. The van der Waals surface area contributed by atoms with Crippen molar-refractivity contribution < 1.29 is 14.3 Å². The predicted molar refractivity (Wildman–Crippen MR) is 117 cm³/mol. The molecule has 30 heavy (non-hydrogen) atoms. The first-order chi connectivity index (χ1) is 14.7. The van der Waals surface area contributed by atoms with Gasteiger partial charge in [0, 0.05) is 6.54 Å². The lowest BCUT2D eigenvalue weighted by Crippen LogP contribution is -2.47. The first-order valence-electron chi connectivity index (χ1n) is 10.4. The first kappa shape index (κ1) is 20.3. The molecule has 3 aromatic rings. The van der Waals surface area contributed by atoms with Crippen LogP contribution in [0.3, 0.4) is 0 Å². The lowest BCUT2D eigenvalue weighted by atomic mass is 10.0. The molecule has 1 aliphatic heterocycles. The molecule has 3 aromatic carbocycles. The molecule has 0 N–H and O–H groups in total. The van der Waals surface area contributed by atoms with Gasteiger partial charge in [-0.05, 0) is 23.6 Å². The van der Waals surface area contributed by atoms with Gasteiger partial charge in [0.15, 0.2) is 0 Å². The van der Waals surface area contributed by atoms with Crippen molar-refractivity contribution in [3.63, 3.8) is 0 Å². The molecule has 2 unspecified atom stereocenters. The standard InChI is InChI=1S/C26H27NO3/c1-20-17-27(18-24(30-20)21-11-5-2-6-12-21)25(28)19-29-26(22-13-7-3-8-14-22)23-15-9-4-10-16-23/h2-16,20,24,26H,17-19H2,1H3. The number of ether oxygens (including phenoxy) is 2. The highest BCUT2D eigenvalue weighted by Gasteiger charge is 2.30. The average Bonchev–Trinajstić information content (AvgIpc) is 2.81. The Labute approximate surface area is 178 Å². The van der Waals surface area contributed by atoms with Gasteiger partial charge in [0.25, 0.3) is 0 Å². The third-order valence-electron chi connectivity index (χ3n) is 5.36. The monoisotopic (exact) mass is 401 g/mol. The zero-order chi connectivity index (χ0) is 20.8. The minimum atomic E-state index is -0.278. The maximum absolute atomic E-state index is 13.0. The van der Waals surface area contributed by atoms with Crippen molar-refractivity contribution in [2.45, 2.75) is 25.2 Å². The number of nitrogens with zero attached hydrogens (tertiary/aromatic N) is 1. The molecule has 4 nitrogen and oxygen atoms in total. The molecule has 4 rings (SSSR count). The van der Waals surface area contributed by atoms with E-state index in [0.717, 1.165) is 16.7 Å². The SMILES string of the molecule is CC1CN(C(=O)COC(c2ccccc2)c2ccccc2)CC(c2ccccc2)O1. The van der Waals surface area contributed by atoms with Crippen molar-refractivity contribution in [3.05, 3.63) is 108 Å². The van der Waals surface area contributed by atoms with Gasteiger partial charge in [-0.1, -0.05) is 91.0 Å². The van der Waals surface area contributed by atoms with E-state index in [2.05, 4.69) is 0 Å². The van der Waals surface area contributed by atoms with Crippen molar-refractivity contribution in [3.8, 4) is 0 Å². The fraction of sp³-hybridized carbons (Fsp3) is 0.269. The number of hydrogen-bond donors (Lipinski definition) is 0. The van der Waals surface area contributed by atoms with Gasteiger partial charge in [-0.15, -0.1) is 0 Å². The molecule has 2 atom stereocenters. The molecule has 0 aromatic heterocycles. The second kappa shape index (κ2) is 9.70. The smallest absolute Gasteiger partial charge is 0.248 e. The van der Waals surface area contributed by atoms with Crippen LogP contribution in [0.25, 0.3) is 0 Å². The fourth-order valence-corrected chi connectivity index (χ4v) is 3.89. The highest BCUT2D eigenvalue weighted by Crippen LogP contribution is 2.27. The summed E-state index contributed by atoms with van der Waals surface area (Å²) in [5.41, 5.74) is 3.16. The Balaban J connectivity index is 1.45. The van der Waals surface area contributed by atoms with Crippen molar-refractivity contribution in [2.24, 2.45) is 0 Å². The molecule has 154 valence electrons. The van der Waals surface area contributed by atoms with Crippen LogP contribution in [0.4, 0.5) is 0 Å². The van der Waals surface area contributed by atoms with Crippen LogP contribution in [-0.4, -0.2) is 36.6 Å². The van der Waals surface area contributed by atoms with Crippen molar-refractivity contribution >= 4 is 5.91 Å². The Kier molecular flexibility index (Phi) is 6.57. The van der Waals surface area contributed by atoms with Gasteiger partial charge in [-0.3, -0.25) is 4.79 Å². The Morgan fingerprint density at radius 1 is 0.900 bits per heavy atom. The van der Waals surface area contributed by atoms with E-state index < -0.39 is 0 Å². The van der Waals surface area contributed by atoms with E-state index >= 15 is 0 Å². The number of carbonyl (C=O) groups is 1. The van der Waals surface area contributed by atoms with Crippen molar-refractivity contribution in [1.82, 2.24) is 4.90 Å². The molecule has 0 aliphatic carbocycles. The van der Waals surface area contributed by atoms with Crippen LogP contribution < -0.4 is 0 Å². The van der Waals surface area contributed by atoms with Crippen LogP contribution in [0, 0.1) is 0 Å². The molecule has 1 amide bonds. The molecule has 0 spiro atoms. The number of benzene rings is 3. The molecule has 0 saturated carbocycles. The normalized spacial score (nSPS) is 19.1. The van der Waals surface area contributed by atoms with E-state index in [0.29, 0.717) is 13.1 Å². The van der Waals surface area contributed by atoms with Gasteiger partial charge in [0.1, 0.15) is 18.8 Å². The third-order valence-corrected chi connectivity index (χ3v) is 5.36. The summed E-state index contributed by atoms with van der Waals surface area (Å²) in [5, 5.41) is 0. The number of hydrogen-bond acceptors (Lipinski definition) is 3. The van der Waals surface area contributed by atoms with Crippen LogP contribution in [-0.2, 0) is 14.3 Å². The second-order valence-electron chi connectivity index (χ2n) is 7.66. The summed E-state index contributed by atoms with van der Waals surface area (Å²) in [4.78, 5) is 14.9. The summed E-state index contributed by atoms with van der Waals surface area (Å²) in [7, 11) is 0. The first-order valence-corrected chi connectivity index (χ1v) is 10.4. The molecule has 1 heterocycles. The number of morpholine rings is 1. The maximum Gasteiger partial charge on any atom is 0.248 e. The van der Waals surface area contributed by atoms with Gasteiger partial charge in [0.2, 0.25) is 5.91 Å². The van der Waals surface area contributed by atoms with E-state index in [1.807, 2.05) is 103 Å². The summed E-state index contributed by atoms with van der Waals surface area (Å²) in [6.07, 6.45) is -0.412. The summed E-state index contributed by atoms with van der Waals surface area (Å²) in [5.74, 6) is -0.0112. The van der Waals surface area contributed by atoms with Crippen molar-refractivity contribution in [2.75, 3.05) is 19.7 Å². The largest absolute Gasteiger partial charge is 0.367 e. The maximum atomic E-state index is 13.0. The zero-order valence-electron chi connectivity index (χ0n) is 17.2. The summed E-state index contributed by atoms with van der Waals surface area (Å²) in [6.45, 7) is 3.15. The summed E-state index contributed by atoms with van der Waals surface area (Å²) < 4.78 is 12.3. The van der Waals surface area contributed by atoms with Crippen LogP contribution in [0.1, 0.15) is 35.8 Å². The van der Waals surface area contributed by atoms with Gasteiger partial charge >= 0.3 is 0 Å². The van der Waals surface area contributed by atoms with Crippen LogP contribution in [0.2, 0.25) is 0 Å². The number of amides is 1. The Morgan fingerprint density at radius 2 is 1.43 bits per heavy atom. The minimum absolute atomic E-state index is 0.0112. The van der Waals surface area contributed by atoms with E-state index in [4.69, 9.17) is 9.47 Å². The lowest BCUT2D eigenvalue weighted by Gasteiger charge is -2.37. The topological polar surface area (TPSA) is 38.8 Å². The predicted octanol–water partition coefficient (Wildman–Crippen LogP) is 4.78. The highest BCUT2D eigenvalue weighted by molar-refractivity contribution is 5.77. The van der Waals surface area contributed by atoms with E-state index in [9.17, 15) is 4.79 Å².